The quantitative estimate of drug-likeness (QED) is 0.700. The van der Waals surface area contributed by atoms with E-state index in [-0.39, 0.29) is 34.1 Å². The minimum atomic E-state index is -0.175. The number of rotatable bonds is 7. The first kappa shape index (κ1) is 16.7. The van der Waals surface area contributed by atoms with Crippen LogP contribution in [0.5, 0.6) is 0 Å². The van der Waals surface area contributed by atoms with E-state index in [2.05, 4.69) is 13.8 Å². The highest BCUT2D eigenvalue weighted by Crippen LogP contribution is 2.34. The van der Waals surface area contributed by atoms with E-state index in [0.29, 0.717) is 5.75 Å². The number of hydrogen-bond acceptors (Lipinski definition) is 3. The zero-order valence-corrected chi connectivity index (χ0v) is 13.0. The Balaban J connectivity index is 4.47. The van der Waals surface area contributed by atoms with Crippen LogP contribution in [0.15, 0.2) is 0 Å². The van der Waals surface area contributed by atoms with Gasteiger partial charge in [-0.2, -0.15) is 0 Å². The largest absolute Gasteiger partial charge is 0.299 e. The number of carbonyl (C=O) groups is 2. The molecule has 0 radical (unpaired) electrons. The summed E-state index contributed by atoms with van der Waals surface area (Å²) in [6.45, 7) is 13.8. The molecular weight excluding hydrogens is 232 g/mol. The molecule has 2 nitrogen and oxygen atoms in total. The van der Waals surface area contributed by atoms with Crippen LogP contribution in [0.1, 0.15) is 48.5 Å². The van der Waals surface area contributed by atoms with E-state index in [1.54, 1.807) is 11.8 Å². The predicted molar refractivity (Wildman–Crippen MR) is 75.4 cm³/mol. The summed E-state index contributed by atoms with van der Waals surface area (Å²) in [5, 5.41) is 0. The van der Waals surface area contributed by atoms with E-state index < -0.39 is 0 Å². The Morgan fingerprint density at radius 3 is 1.82 bits per heavy atom. The maximum atomic E-state index is 12.0. The second-order valence-corrected chi connectivity index (χ2v) is 7.42. The van der Waals surface area contributed by atoms with Gasteiger partial charge in [-0.15, -0.1) is 11.8 Å². The molecule has 0 fully saturated rings. The maximum absolute atomic E-state index is 12.0. The number of hydrogen-bond donors (Lipinski definition) is 0. The summed E-state index contributed by atoms with van der Waals surface area (Å²) >= 11 is 1.60. The Morgan fingerprint density at radius 2 is 1.47 bits per heavy atom. The third-order valence-corrected chi connectivity index (χ3v) is 4.80. The molecule has 0 rings (SSSR count). The van der Waals surface area contributed by atoms with Gasteiger partial charge in [0.1, 0.15) is 11.6 Å². The summed E-state index contributed by atoms with van der Waals surface area (Å²) in [5.41, 5.74) is 0. The fraction of sp³-hybridized carbons (Fsp3) is 0.857. The number of carbonyl (C=O) groups excluding carboxylic acids is 2. The molecule has 0 aliphatic rings. The van der Waals surface area contributed by atoms with Gasteiger partial charge in [-0.3, -0.25) is 9.59 Å². The highest BCUT2D eigenvalue weighted by molar-refractivity contribution is 8.01. The zero-order valence-electron chi connectivity index (χ0n) is 12.2. The van der Waals surface area contributed by atoms with Gasteiger partial charge in [0.05, 0.1) is 5.75 Å². The fourth-order valence-electron chi connectivity index (χ4n) is 1.39. The third-order valence-electron chi connectivity index (χ3n) is 3.27. The highest BCUT2D eigenvalue weighted by Gasteiger charge is 2.33. The second kappa shape index (κ2) is 6.58. The molecule has 0 spiro atoms. The molecule has 0 amide bonds. The Labute approximate surface area is 110 Å². The molecule has 0 saturated carbocycles. The van der Waals surface area contributed by atoms with Crippen molar-refractivity contribution in [2.24, 2.45) is 17.8 Å². The first-order valence-electron chi connectivity index (χ1n) is 6.30. The SMILES string of the molecule is CC(C)C(=O)CSC(C)(C)C(C)C(=O)C(C)C. The Kier molecular flexibility index (Phi) is 6.46. The maximum Gasteiger partial charge on any atom is 0.145 e. The molecule has 0 aliphatic carbocycles. The average molecular weight is 258 g/mol. The number of Topliss-reactive ketones (excluding diaryl/α,β-unsaturated/α-hetero) is 2. The molecule has 0 N–H and O–H groups in total. The molecule has 0 aromatic rings. The van der Waals surface area contributed by atoms with Gasteiger partial charge in [-0.25, -0.2) is 0 Å². The normalized spacial score (nSPS) is 14.2. The zero-order chi connectivity index (χ0) is 13.8. The molecule has 100 valence electrons. The van der Waals surface area contributed by atoms with E-state index in [0.717, 1.165) is 0 Å². The molecule has 0 saturated heterocycles. The van der Waals surface area contributed by atoms with Crippen LogP contribution >= 0.6 is 11.8 Å². The predicted octanol–water partition coefficient (Wildman–Crippen LogP) is 3.58. The summed E-state index contributed by atoms with van der Waals surface area (Å²) < 4.78 is -0.175. The van der Waals surface area contributed by atoms with E-state index in [4.69, 9.17) is 0 Å². The van der Waals surface area contributed by atoms with Gasteiger partial charge < -0.3 is 0 Å². The van der Waals surface area contributed by atoms with Crippen LogP contribution in [0.3, 0.4) is 0 Å². The minimum absolute atomic E-state index is 0.0209. The molecule has 1 unspecified atom stereocenters. The highest BCUT2D eigenvalue weighted by atomic mass is 32.2. The average Bonchev–Trinajstić information content (AvgIpc) is 2.23. The minimum Gasteiger partial charge on any atom is -0.299 e. The van der Waals surface area contributed by atoms with Crippen LogP contribution in [-0.4, -0.2) is 22.1 Å². The lowest BCUT2D eigenvalue weighted by molar-refractivity contribution is -0.126. The molecule has 1 atom stereocenters. The molecule has 0 aliphatic heterocycles. The van der Waals surface area contributed by atoms with E-state index in [1.807, 2.05) is 34.6 Å². The summed E-state index contributed by atoms with van der Waals surface area (Å²) in [7, 11) is 0. The Hall–Kier alpha value is -0.310. The van der Waals surface area contributed by atoms with Crippen LogP contribution in [-0.2, 0) is 9.59 Å². The lowest BCUT2D eigenvalue weighted by atomic mass is 9.87. The first-order valence-corrected chi connectivity index (χ1v) is 7.28. The Bertz CT molecular complexity index is 280. The second-order valence-electron chi connectivity index (χ2n) is 5.79. The van der Waals surface area contributed by atoms with Crippen LogP contribution < -0.4 is 0 Å². The summed E-state index contributed by atoms with van der Waals surface area (Å²) in [6.07, 6.45) is 0. The summed E-state index contributed by atoms with van der Waals surface area (Å²) in [4.78, 5) is 23.6. The van der Waals surface area contributed by atoms with Crippen LogP contribution in [0.25, 0.3) is 0 Å². The van der Waals surface area contributed by atoms with Crippen molar-refractivity contribution in [1.82, 2.24) is 0 Å². The Morgan fingerprint density at radius 1 is 1.00 bits per heavy atom. The van der Waals surface area contributed by atoms with Gasteiger partial charge in [-0.1, -0.05) is 34.6 Å². The van der Waals surface area contributed by atoms with Gasteiger partial charge in [0.15, 0.2) is 0 Å². The third kappa shape index (κ3) is 5.24. The van der Waals surface area contributed by atoms with Gasteiger partial charge in [0.25, 0.3) is 0 Å². The van der Waals surface area contributed by atoms with Crippen LogP contribution in [0, 0.1) is 17.8 Å². The van der Waals surface area contributed by atoms with Gasteiger partial charge >= 0.3 is 0 Å². The van der Waals surface area contributed by atoms with E-state index >= 15 is 0 Å². The van der Waals surface area contributed by atoms with Crippen molar-refractivity contribution in [3.8, 4) is 0 Å². The van der Waals surface area contributed by atoms with Gasteiger partial charge in [0, 0.05) is 22.5 Å². The number of ketones is 2. The van der Waals surface area contributed by atoms with Gasteiger partial charge in [-0.05, 0) is 13.8 Å². The molecular formula is C14H26O2S. The molecule has 0 bridgehead atoms. The van der Waals surface area contributed by atoms with Crippen molar-refractivity contribution in [1.29, 1.82) is 0 Å². The number of thioether (sulfide) groups is 1. The van der Waals surface area contributed by atoms with Crippen LogP contribution in [0.4, 0.5) is 0 Å². The fourth-order valence-corrected chi connectivity index (χ4v) is 2.61. The van der Waals surface area contributed by atoms with Crippen molar-refractivity contribution < 1.29 is 9.59 Å². The summed E-state index contributed by atoms with van der Waals surface area (Å²) in [6, 6.07) is 0. The molecule has 17 heavy (non-hydrogen) atoms. The van der Waals surface area contributed by atoms with Gasteiger partial charge in [0.2, 0.25) is 0 Å². The van der Waals surface area contributed by atoms with Crippen molar-refractivity contribution in [3.05, 3.63) is 0 Å². The monoisotopic (exact) mass is 258 g/mol. The standard InChI is InChI=1S/C14H26O2S/c1-9(2)12(15)8-17-14(6,7)11(5)13(16)10(3)4/h9-11H,8H2,1-7H3. The lowest BCUT2D eigenvalue weighted by Crippen LogP contribution is -2.35. The molecule has 0 aromatic heterocycles. The van der Waals surface area contributed by atoms with E-state index in [1.165, 1.54) is 0 Å². The smallest absolute Gasteiger partial charge is 0.145 e. The lowest BCUT2D eigenvalue weighted by Gasteiger charge is -2.31. The van der Waals surface area contributed by atoms with E-state index in [9.17, 15) is 9.59 Å². The van der Waals surface area contributed by atoms with Crippen molar-refractivity contribution in [3.63, 3.8) is 0 Å². The van der Waals surface area contributed by atoms with Crippen molar-refractivity contribution in [2.75, 3.05) is 5.75 Å². The van der Waals surface area contributed by atoms with Crippen molar-refractivity contribution in [2.45, 2.75) is 53.2 Å². The first-order chi connectivity index (χ1) is 7.59. The molecule has 0 aromatic carbocycles. The van der Waals surface area contributed by atoms with Crippen LogP contribution in [0.2, 0.25) is 0 Å². The molecule has 0 heterocycles. The molecule has 3 heteroatoms. The summed E-state index contributed by atoms with van der Waals surface area (Å²) in [5.74, 6) is 1.15. The van der Waals surface area contributed by atoms with Crippen molar-refractivity contribution >= 4 is 23.3 Å². The topological polar surface area (TPSA) is 34.1 Å².